The molecule has 0 bridgehead atoms. The maximum Gasteiger partial charge on any atom is 0.429 e. The van der Waals surface area contributed by atoms with Crippen molar-refractivity contribution in [2.45, 2.75) is 84.6 Å². The lowest BCUT2D eigenvalue weighted by atomic mass is 10.1. The van der Waals surface area contributed by atoms with Gasteiger partial charge in [-0.05, 0) is 33.1 Å². The maximum atomic E-state index is 12.4. The number of nitrogens with one attached hydrogen (secondary N) is 1. The highest BCUT2D eigenvalue weighted by Crippen LogP contribution is 2.18. The fourth-order valence-corrected chi connectivity index (χ4v) is 3.54. The first kappa shape index (κ1) is 24.5. The number of amides is 2. The number of allylic oxidation sites excluding steroid dienone is 1. The molecule has 0 saturated heterocycles. The number of hydrogen-bond donors (Lipinski definition) is 1. The van der Waals surface area contributed by atoms with Gasteiger partial charge in [-0.15, -0.1) is 0 Å². The number of unbranched alkanes of at least 4 members (excludes halogenated alkanes) is 3. The summed E-state index contributed by atoms with van der Waals surface area (Å²) in [6.07, 6.45) is 8.15. The standard InChI is InChI=1S/C19H38N2O4Si/c1-7-10-11-12-13-14-17(15-16-26(4,5)6)21(19(23)25-9-3)20-18(22)24-8-2/h13-14,17H,7-12,15-16H2,1-6H3,(H,20,22)/b14-13+. The number of ether oxygens (including phenoxy) is 2. The van der Waals surface area contributed by atoms with Crippen molar-refractivity contribution in [1.82, 2.24) is 10.4 Å². The van der Waals surface area contributed by atoms with E-state index in [9.17, 15) is 9.59 Å². The van der Waals surface area contributed by atoms with E-state index in [0.717, 1.165) is 25.3 Å². The Labute approximate surface area is 160 Å². The summed E-state index contributed by atoms with van der Waals surface area (Å²) in [5.74, 6) is 0. The molecule has 0 aromatic heterocycles. The summed E-state index contributed by atoms with van der Waals surface area (Å²) in [5, 5.41) is 1.28. The Morgan fingerprint density at radius 1 is 1.08 bits per heavy atom. The van der Waals surface area contributed by atoms with E-state index in [4.69, 9.17) is 9.47 Å². The second kappa shape index (κ2) is 13.7. The fraction of sp³-hybridized carbons (Fsp3) is 0.789. The highest BCUT2D eigenvalue weighted by Gasteiger charge is 2.27. The third-order valence-corrected chi connectivity index (χ3v) is 5.59. The maximum absolute atomic E-state index is 12.4. The zero-order valence-corrected chi connectivity index (χ0v) is 18.5. The summed E-state index contributed by atoms with van der Waals surface area (Å²) < 4.78 is 10.1. The first-order chi connectivity index (χ1) is 12.2. The Morgan fingerprint density at radius 2 is 1.73 bits per heavy atom. The number of hydrazine groups is 1. The summed E-state index contributed by atoms with van der Waals surface area (Å²) in [5.41, 5.74) is 2.55. The average Bonchev–Trinajstić information content (AvgIpc) is 2.55. The molecule has 6 nitrogen and oxygen atoms in total. The van der Waals surface area contributed by atoms with Crippen molar-refractivity contribution in [2.24, 2.45) is 0 Å². The van der Waals surface area contributed by atoms with Gasteiger partial charge in [0.05, 0.1) is 19.3 Å². The van der Waals surface area contributed by atoms with E-state index in [1.807, 2.05) is 6.08 Å². The third kappa shape index (κ3) is 11.9. The third-order valence-electron chi connectivity index (χ3n) is 3.81. The SMILES string of the molecule is CCCCC/C=C/C(CC[Si](C)(C)C)N(NC(=O)OCC)C(=O)OCC. The highest BCUT2D eigenvalue weighted by atomic mass is 28.3. The molecule has 0 heterocycles. The van der Waals surface area contributed by atoms with Gasteiger partial charge in [0.25, 0.3) is 0 Å². The Kier molecular flexibility index (Phi) is 12.9. The number of hydrogen-bond acceptors (Lipinski definition) is 4. The number of nitrogens with zero attached hydrogens (tertiary/aromatic N) is 1. The molecular formula is C19H38N2O4Si. The lowest BCUT2D eigenvalue weighted by Crippen LogP contribution is -2.52. The summed E-state index contributed by atoms with van der Waals surface area (Å²) in [6, 6.07) is 0.795. The van der Waals surface area contributed by atoms with Crippen molar-refractivity contribution >= 4 is 20.3 Å². The van der Waals surface area contributed by atoms with Gasteiger partial charge in [-0.3, -0.25) is 0 Å². The van der Waals surface area contributed by atoms with Gasteiger partial charge in [0.15, 0.2) is 0 Å². The molecule has 1 atom stereocenters. The lowest BCUT2D eigenvalue weighted by Gasteiger charge is -2.30. The minimum Gasteiger partial charge on any atom is -0.449 e. The molecule has 0 radical (unpaired) electrons. The van der Waals surface area contributed by atoms with Crippen LogP contribution >= 0.6 is 0 Å². The molecule has 152 valence electrons. The minimum absolute atomic E-state index is 0.244. The van der Waals surface area contributed by atoms with Gasteiger partial charge in [-0.2, -0.15) is 0 Å². The lowest BCUT2D eigenvalue weighted by molar-refractivity contribution is 0.0626. The molecule has 0 aromatic rings. The summed E-state index contributed by atoms with van der Waals surface area (Å²) in [7, 11) is -1.29. The zero-order valence-electron chi connectivity index (χ0n) is 17.5. The Bertz CT molecular complexity index is 436. The molecule has 0 rings (SSSR count). The van der Waals surface area contributed by atoms with Gasteiger partial charge in [-0.25, -0.2) is 20.0 Å². The molecule has 7 heteroatoms. The molecule has 26 heavy (non-hydrogen) atoms. The van der Waals surface area contributed by atoms with Crippen LogP contribution in [0, 0.1) is 0 Å². The van der Waals surface area contributed by atoms with Crippen LogP contribution in [0.25, 0.3) is 0 Å². The molecule has 0 aliphatic carbocycles. The van der Waals surface area contributed by atoms with Crippen molar-refractivity contribution in [3.05, 3.63) is 12.2 Å². The average molecular weight is 387 g/mol. The van der Waals surface area contributed by atoms with E-state index in [1.165, 1.54) is 17.9 Å². The minimum atomic E-state index is -1.29. The number of carbonyl (C=O) groups excluding carboxylic acids is 2. The smallest absolute Gasteiger partial charge is 0.429 e. The summed E-state index contributed by atoms with van der Waals surface area (Å²) in [4.78, 5) is 24.3. The van der Waals surface area contributed by atoms with Gasteiger partial charge in [0, 0.05) is 8.07 Å². The number of rotatable bonds is 11. The fourth-order valence-electron chi connectivity index (χ4n) is 2.38. The predicted molar refractivity (Wildman–Crippen MR) is 109 cm³/mol. The molecule has 2 amide bonds. The van der Waals surface area contributed by atoms with Crippen molar-refractivity contribution in [1.29, 1.82) is 0 Å². The van der Waals surface area contributed by atoms with Crippen molar-refractivity contribution < 1.29 is 19.1 Å². The largest absolute Gasteiger partial charge is 0.449 e. The van der Waals surface area contributed by atoms with Crippen LogP contribution in [0.3, 0.4) is 0 Å². The van der Waals surface area contributed by atoms with E-state index in [0.29, 0.717) is 0 Å². The van der Waals surface area contributed by atoms with E-state index < -0.39 is 20.3 Å². The van der Waals surface area contributed by atoms with Gasteiger partial charge in [-0.1, -0.05) is 57.6 Å². The molecule has 1 N–H and O–H groups in total. The predicted octanol–water partition coefficient (Wildman–Crippen LogP) is 5.34. The van der Waals surface area contributed by atoms with Crippen molar-refractivity contribution in [2.75, 3.05) is 13.2 Å². The second-order valence-electron chi connectivity index (χ2n) is 7.49. The van der Waals surface area contributed by atoms with E-state index in [2.05, 4.69) is 38.1 Å². The first-order valence-corrected chi connectivity index (χ1v) is 13.5. The monoisotopic (exact) mass is 386 g/mol. The van der Waals surface area contributed by atoms with Crippen LogP contribution in [-0.2, 0) is 9.47 Å². The summed E-state index contributed by atoms with van der Waals surface area (Å²) in [6.45, 7) is 13.0. The van der Waals surface area contributed by atoms with Crippen LogP contribution in [0.2, 0.25) is 25.7 Å². The molecular weight excluding hydrogens is 348 g/mol. The van der Waals surface area contributed by atoms with Gasteiger partial charge >= 0.3 is 12.2 Å². The van der Waals surface area contributed by atoms with Crippen LogP contribution in [-0.4, -0.2) is 44.5 Å². The Hall–Kier alpha value is -1.50. The molecule has 0 saturated carbocycles. The molecule has 0 aliphatic rings. The zero-order chi connectivity index (χ0) is 20.0. The normalized spacial score (nSPS) is 12.7. The molecule has 1 unspecified atom stereocenters. The van der Waals surface area contributed by atoms with Gasteiger partial charge in [0.2, 0.25) is 0 Å². The van der Waals surface area contributed by atoms with Crippen LogP contribution in [0.15, 0.2) is 12.2 Å². The first-order valence-electron chi connectivity index (χ1n) is 9.81. The molecule has 0 spiro atoms. The topological polar surface area (TPSA) is 67.9 Å². The van der Waals surface area contributed by atoms with E-state index >= 15 is 0 Å². The van der Waals surface area contributed by atoms with Gasteiger partial charge in [0.1, 0.15) is 0 Å². The molecule has 0 aliphatic heterocycles. The van der Waals surface area contributed by atoms with Crippen LogP contribution < -0.4 is 5.43 Å². The Balaban J connectivity index is 5.23. The quantitative estimate of drug-likeness (QED) is 0.225. The van der Waals surface area contributed by atoms with Crippen LogP contribution in [0.1, 0.15) is 52.9 Å². The van der Waals surface area contributed by atoms with Crippen molar-refractivity contribution in [3.63, 3.8) is 0 Å². The van der Waals surface area contributed by atoms with Gasteiger partial charge < -0.3 is 9.47 Å². The van der Waals surface area contributed by atoms with Crippen molar-refractivity contribution in [3.8, 4) is 0 Å². The van der Waals surface area contributed by atoms with E-state index in [1.54, 1.807) is 13.8 Å². The molecule has 0 fully saturated rings. The van der Waals surface area contributed by atoms with Crippen LogP contribution in [0.5, 0.6) is 0 Å². The van der Waals surface area contributed by atoms with E-state index in [-0.39, 0.29) is 19.3 Å². The second-order valence-corrected chi connectivity index (χ2v) is 13.1. The number of carbonyl (C=O) groups is 2. The highest BCUT2D eigenvalue weighted by molar-refractivity contribution is 6.76. The Morgan fingerprint density at radius 3 is 2.27 bits per heavy atom. The van der Waals surface area contributed by atoms with Crippen LogP contribution in [0.4, 0.5) is 9.59 Å². The molecule has 0 aromatic carbocycles. The summed E-state index contributed by atoms with van der Waals surface area (Å²) >= 11 is 0.